The highest BCUT2D eigenvalue weighted by atomic mass is 35.5. The van der Waals surface area contributed by atoms with Gasteiger partial charge < -0.3 is 10.2 Å². The smallest absolute Gasteiger partial charge is 0.243 e. The summed E-state index contributed by atoms with van der Waals surface area (Å²) in [5.41, 5.74) is 0.446. The second-order valence-electron chi connectivity index (χ2n) is 6.40. The summed E-state index contributed by atoms with van der Waals surface area (Å²) in [5.74, 6) is -0.893. The maximum absolute atomic E-state index is 13.7. The Balaban J connectivity index is 2.17. The molecule has 1 fully saturated rings. The first kappa shape index (κ1) is 19.0. The number of carbonyl (C=O) groups excluding carboxylic acids is 2. The van der Waals surface area contributed by atoms with Crippen molar-refractivity contribution in [2.45, 2.75) is 45.7 Å². The van der Waals surface area contributed by atoms with Crippen LogP contribution in [-0.2, 0) is 9.59 Å². The van der Waals surface area contributed by atoms with Gasteiger partial charge in [-0.3, -0.25) is 9.59 Å². The molecule has 1 aromatic carbocycles. The van der Waals surface area contributed by atoms with E-state index in [0.29, 0.717) is 18.5 Å². The average molecular weight is 375 g/mol. The number of benzene rings is 1. The molecule has 1 heterocycles. The van der Waals surface area contributed by atoms with Crippen molar-refractivity contribution >= 4 is 35.0 Å². The van der Waals surface area contributed by atoms with Gasteiger partial charge in [-0.2, -0.15) is 0 Å². The molecule has 2 unspecified atom stereocenters. The molecule has 2 amide bonds. The van der Waals surface area contributed by atoms with Crippen LogP contribution < -0.4 is 5.32 Å². The molecular formula is C17H21Cl2FN2O2. The number of rotatable bonds is 5. The maximum Gasteiger partial charge on any atom is 0.243 e. The highest BCUT2D eigenvalue weighted by Gasteiger charge is 2.35. The first-order valence-corrected chi connectivity index (χ1v) is 8.72. The second kappa shape index (κ2) is 7.70. The summed E-state index contributed by atoms with van der Waals surface area (Å²) in [6.07, 6.45) is 1.24. The number of carbonyl (C=O) groups is 2. The van der Waals surface area contributed by atoms with Crippen LogP contribution in [0.5, 0.6) is 0 Å². The van der Waals surface area contributed by atoms with Gasteiger partial charge in [-0.15, -0.1) is 0 Å². The first-order chi connectivity index (χ1) is 11.2. The number of nitrogens with one attached hydrogen (secondary N) is 1. The third-order valence-electron chi connectivity index (χ3n) is 4.21. The Bertz CT molecular complexity index is 652. The summed E-state index contributed by atoms with van der Waals surface area (Å²) < 4.78 is 13.7. The predicted molar refractivity (Wildman–Crippen MR) is 92.6 cm³/mol. The number of halogens is 3. The fourth-order valence-electron chi connectivity index (χ4n) is 3.01. The van der Waals surface area contributed by atoms with Crippen molar-refractivity contribution in [3.8, 4) is 0 Å². The van der Waals surface area contributed by atoms with E-state index in [1.807, 2.05) is 13.8 Å². The fourth-order valence-corrected chi connectivity index (χ4v) is 3.56. The Morgan fingerprint density at radius 2 is 1.92 bits per heavy atom. The molecule has 0 spiro atoms. The topological polar surface area (TPSA) is 49.4 Å². The van der Waals surface area contributed by atoms with Crippen molar-refractivity contribution in [2.24, 2.45) is 5.92 Å². The standard InChI is InChI=1S/C17H21Cl2FN2O2/c1-9(2)16(22-6-4-5-15(22)23)17(24)21-10(3)11-7-14(20)13(19)8-12(11)18/h7-10,16H,4-6H2,1-3H3,(H,21,24). The highest BCUT2D eigenvalue weighted by Crippen LogP contribution is 2.29. The number of likely N-dealkylation sites (tertiary alicyclic amines) is 1. The van der Waals surface area contributed by atoms with E-state index in [0.717, 1.165) is 6.42 Å². The molecule has 1 aliphatic heterocycles. The molecule has 0 radical (unpaired) electrons. The Morgan fingerprint density at radius 3 is 2.46 bits per heavy atom. The monoisotopic (exact) mass is 374 g/mol. The van der Waals surface area contributed by atoms with Gasteiger partial charge in [0.25, 0.3) is 0 Å². The fraction of sp³-hybridized carbons (Fsp3) is 0.529. The minimum atomic E-state index is -0.590. The average Bonchev–Trinajstić information content (AvgIpc) is 2.88. The van der Waals surface area contributed by atoms with Crippen LogP contribution in [0.1, 0.15) is 45.2 Å². The normalized spacial score (nSPS) is 17.3. The molecule has 0 aromatic heterocycles. The highest BCUT2D eigenvalue weighted by molar-refractivity contribution is 6.35. The number of hydrogen-bond acceptors (Lipinski definition) is 2. The van der Waals surface area contributed by atoms with Crippen molar-refractivity contribution in [1.82, 2.24) is 10.2 Å². The van der Waals surface area contributed by atoms with E-state index in [-0.39, 0.29) is 27.8 Å². The summed E-state index contributed by atoms with van der Waals surface area (Å²) >= 11 is 11.8. The lowest BCUT2D eigenvalue weighted by Crippen LogP contribution is -2.50. The van der Waals surface area contributed by atoms with Gasteiger partial charge in [-0.05, 0) is 37.0 Å². The van der Waals surface area contributed by atoms with E-state index in [4.69, 9.17) is 23.2 Å². The van der Waals surface area contributed by atoms with Gasteiger partial charge in [0.15, 0.2) is 0 Å². The lowest BCUT2D eigenvalue weighted by molar-refractivity contribution is -0.139. The van der Waals surface area contributed by atoms with Crippen LogP contribution in [0.3, 0.4) is 0 Å². The van der Waals surface area contributed by atoms with Crippen molar-refractivity contribution in [3.63, 3.8) is 0 Å². The summed E-state index contributed by atoms with van der Waals surface area (Å²) in [7, 11) is 0. The van der Waals surface area contributed by atoms with E-state index in [2.05, 4.69) is 5.32 Å². The van der Waals surface area contributed by atoms with E-state index in [1.165, 1.54) is 12.1 Å². The molecule has 4 nitrogen and oxygen atoms in total. The number of hydrogen-bond donors (Lipinski definition) is 1. The Morgan fingerprint density at radius 1 is 1.25 bits per heavy atom. The van der Waals surface area contributed by atoms with Gasteiger partial charge in [-0.25, -0.2) is 4.39 Å². The zero-order valence-corrected chi connectivity index (χ0v) is 15.4. The minimum absolute atomic E-state index is 0.00734. The molecule has 7 heteroatoms. The molecule has 1 aromatic rings. The van der Waals surface area contributed by atoms with Gasteiger partial charge >= 0.3 is 0 Å². The summed E-state index contributed by atoms with van der Waals surface area (Å²) in [6.45, 7) is 6.10. The number of nitrogens with zero attached hydrogens (tertiary/aromatic N) is 1. The molecule has 132 valence electrons. The van der Waals surface area contributed by atoms with E-state index < -0.39 is 17.9 Å². The summed E-state index contributed by atoms with van der Waals surface area (Å²) in [5, 5.41) is 3.06. The first-order valence-electron chi connectivity index (χ1n) is 7.96. The lowest BCUT2D eigenvalue weighted by atomic mass is 10.0. The van der Waals surface area contributed by atoms with E-state index in [1.54, 1.807) is 11.8 Å². The third kappa shape index (κ3) is 4.01. The van der Waals surface area contributed by atoms with E-state index >= 15 is 0 Å². The molecule has 1 N–H and O–H groups in total. The van der Waals surface area contributed by atoms with Crippen LogP contribution in [0.15, 0.2) is 12.1 Å². The quantitative estimate of drug-likeness (QED) is 0.793. The lowest BCUT2D eigenvalue weighted by Gasteiger charge is -2.31. The molecule has 1 aliphatic rings. The van der Waals surface area contributed by atoms with Crippen LogP contribution >= 0.6 is 23.2 Å². The Hall–Kier alpha value is -1.33. The summed E-state index contributed by atoms with van der Waals surface area (Å²) in [4.78, 5) is 26.3. The molecule has 0 aliphatic carbocycles. The largest absolute Gasteiger partial charge is 0.348 e. The van der Waals surface area contributed by atoms with Crippen molar-refractivity contribution in [1.29, 1.82) is 0 Å². The van der Waals surface area contributed by atoms with Crippen molar-refractivity contribution < 1.29 is 14.0 Å². The maximum atomic E-state index is 13.7. The zero-order chi connectivity index (χ0) is 18.0. The SMILES string of the molecule is CC(NC(=O)C(C(C)C)N1CCCC1=O)c1cc(F)c(Cl)cc1Cl. The number of amides is 2. The van der Waals surface area contributed by atoms with Crippen LogP contribution in [0.4, 0.5) is 4.39 Å². The van der Waals surface area contributed by atoms with Gasteiger partial charge in [0.05, 0.1) is 11.1 Å². The van der Waals surface area contributed by atoms with Gasteiger partial charge in [-0.1, -0.05) is 37.0 Å². The Kier molecular flexibility index (Phi) is 6.10. The van der Waals surface area contributed by atoms with Crippen LogP contribution in [0, 0.1) is 11.7 Å². The minimum Gasteiger partial charge on any atom is -0.348 e. The Labute approximate surface area is 151 Å². The molecule has 24 heavy (non-hydrogen) atoms. The van der Waals surface area contributed by atoms with Gasteiger partial charge in [0.1, 0.15) is 11.9 Å². The van der Waals surface area contributed by atoms with Crippen LogP contribution in [-0.4, -0.2) is 29.3 Å². The third-order valence-corrected chi connectivity index (χ3v) is 4.83. The summed E-state index contributed by atoms with van der Waals surface area (Å²) in [6, 6.07) is 1.50. The van der Waals surface area contributed by atoms with Crippen LogP contribution in [0.2, 0.25) is 10.0 Å². The van der Waals surface area contributed by atoms with Gasteiger partial charge in [0, 0.05) is 18.0 Å². The second-order valence-corrected chi connectivity index (χ2v) is 7.21. The molecule has 2 rings (SSSR count). The van der Waals surface area contributed by atoms with Crippen molar-refractivity contribution in [3.05, 3.63) is 33.6 Å². The molecular weight excluding hydrogens is 354 g/mol. The molecule has 0 bridgehead atoms. The zero-order valence-electron chi connectivity index (χ0n) is 13.9. The molecule has 2 atom stereocenters. The van der Waals surface area contributed by atoms with Crippen molar-refractivity contribution in [2.75, 3.05) is 6.54 Å². The molecule has 0 saturated carbocycles. The predicted octanol–water partition coefficient (Wildman–Crippen LogP) is 3.96. The van der Waals surface area contributed by atoms with Crippen LogP contribution in [0.25, 0.3) is 0 Å². The van der Waals surface area contributed by atoms with Gasteiger partial charge in [0.2, 0.25) is 11.8 Å². The van der Waals surface area contributed by atoms with E-state index in [9.17, 15) is 14.0 Å². The molecule has 1 saturated heterocycles.